The fourth-order valence-electron chi connectivity index (χ4n) is 1.96. The molecule has 0 spiro atoms. The van der Waals surface area contributed by atoms with Crippen LogP contribution in [0.25, 0.3) is 0 Å². The van der Waals surface area contributed by atoms with E-state index in [2.05, 4.69) is 10.5 Å². The molecule has 0 radical (unpaired) electrons. The molecule has 19 heavy (non-hydrogen) atoms. The molecule has 1 N–H and O–H groups in total. The molecular weight excluding hydrogens is 242 g/mol. The number of carbonyl (C=O) groups is 1. The van der Waals surface area contributed by atoms with E-state index in [1.165, 1.54) is 6.92 Å². The molecule has 0 aromatic heterocycles. The Bertz CT molecular complexity index is 479. The van der Waals surface area contributed by atoms with Crippen molar-refractivity contribution in [1.29, 1.82) is 0 Å². The Hall–Kier alpha value is -1.88. The molecule has 1 aromatic rings. The summed E-state index contributed by atoms with van der Waals surface area (Å²) in [7, 11) is 0. The van der Waals surface area contributed by atoms with Crippen molar-refractivity contribution < 1.29 is 9.53 Å². The highest BCUT2D eigenvalue weighted by Gasteiger charge is 2.18. The van der Waals surface area contributed by atoms with Gasteiger partial charge in [0.1, 0.15) is 0 Å². The van der Waals surface area contributed by atoms with Crippen LogP contribution in [-0.2, 0) is 9.53 Å². The Labute approximate surface area is 113 Å². The largest absolute Gasteiger partial charge is 0.378 e. The molecule has 1 fully saturated rings. The van der Waals surface area contributed by atoms with E-state index >= 15 is 0 Å². The summed E-state index contributed by atoms with van der Waals surface area (Å²) in [5, 5.41) is 4.27. The third-order valence-electron chi connectivity index (χ3n) is 3.05. The summed E-state index contributed by atoms with van der Waals surface area (Å²) in [6, 6.07) is 7.85. The van der Waals surface area contributed by atoms with E-state index in [1.54, 1.807) is 0 Å². The molecule has 1 aromatic carbocycles. The van der Waals surface area contributed by atoms with Crippen LogP contribution in [-0.4, -0.2) is 42.8 Å². The van der Waals surface area contributed by atoms with Crippen molar-refractivity contribution in [3.05, 3.63) is 29.8 Å². The fourth-order valence-corrected chi connectivity index (χ4v) is 1.96. The number of Topliss-reactive ketones (excluding diaryl/α,β-unsaturated/α-hetero) is 1. The maximum Gasteiger partial charge on any atom is 0.196 e. The zero-order chi connectivity index (χ0) is 13.7. The highest BCUT2D eigenvalue weighted by molar-refractivity contribution is 6.37. The average Bonchev–Trinajstić information content (AvgIpc) is 2.42. The molecule has 0 bridgehead atoms. The molecule has 0 atom stereocenters. The molecule has 1 aliphatic heterocycles. The topological polar surface area (TPSA) is 53.9 Å². The smallest absolute Gasteiger partial charge is 0.196 e. The second-order valence-corrected chi connectivity index (χ2v) is 4.52. The number of nitrogens with zero attached hydrogens (tertiary/aromatic N) is 2. The molecular formula is C14H19N3O2. The van der Waals surface area contributed by atoms with Gasteiger partial charge in [0.05, 0.1) is 18.9 Å². The zero-order valence-corrected chi connectivity index (χ0v) is 11.3. The molecule has 0 unspecified atom stereocenters. The number of anilines is 1. The third kappa shape index (κ3) is 3.54. The molecule has 0 amide bonds. The predicted molar refractivity (Wildman–Crippen MR) is 75.3 cm³/mol. The van der Waals surface area contributed by atoms with E-state index in [4.69, 9.17) is 4.74 Å². The van der Waals surface area contributed by atoms with Gasteiger partial charge in [0, 0.05) is 20.0 Å². The second kappa shape index (κ2) is 6.33. The van der Waals surface area contributed by atoms with Gasteiger partial charge in [-0.1, -0.05) is 18.2 Å². The first-order chi connectivity index (χ1) is 9.18. The Kier molecular flexibility index (Phi) is 4.52. The summed E-state index contributed by atoms with van der Waals surface area (Å²) in [6.07, 6.45) is 0. The Morgan fingerprint density at radius 1 is 1.32 bits per heavy atom. The van der Waals surface area contributed by atoms with Crippen LogP contribution in [0.3, 0.4) is 0 Å². The number of carbonyl (C=O) groups excluding carboxylic acids is 1. The number of ether oxygens (including phenoxy) is 1. The quantitative estimate of drug-likeness (QED) is 0.510. The lowest BCUT2D eigenvalue weighted by molar-refractivity contribution is -0.112. The number of para-hydroxylation sites is 1. The number of morpholine rings is 1. The van der Waals surface area contributed by atoms with Gasteiger partial charge in [-0.25, -0.2) is 0 Å². The lowest BCUT2D eigenvalue weighted by atomic mass is 10.2. The number of rotatable bonds is 3. The van der Waals surface area contributed by atoms with Gasteiger partial charge in [-0.3, -0.25) is 10.2 Å². The van der Waals surface area contributed by atoms with Crippen molar-refractivity contribution >= 4 is 17.3 Å². The van der Waals surface area contributed by atoms with Gasteiger partial charge < -0.3 is 9.64 Å². The molecule has 1 heterocycles. The summed E-state index contributed by atoms with van der Waals surface area (Å²) < 4.78 is 5.28. The summed E-state index contributed by atoms with van der Waals surface area (Å²) in [5.74, 6) is 0.425. The molecule has 2 rings (SSSR count). The van der Waals surface area contributed by atoms with Crippen LogP contribution in [0.2, 0.25) is 0 Å². The minimum Gasteiger partial charge on any atom is -0.378 e. The summed E-state index contributed by atoms with van der Waals surface area (Å²) in [4.78, 5) is 13.7. The number of benzene rings is 1. The highest BCUT2D eigenvalue weighted by atomic mass is 16.5. The molecule has 0 aliphatic carbocycles. The van der Waals surface area contributed by atoms with Crippen LogP contribution < -0.4 is 5.43 Å². The Morgan fingerprint density at radius 3 is 2.63 bits per heavy atom. The van der Waals surface area contributed by atoms with Gasteiger partial charge in [-0.15, -0.1) is 0 Å². The van der Waals surface area contributed by atoms with Gasteiger partial charge in [0.2, 0.25) is 0 Å². The molecule has 0 saturated carbocycles. The third-order valence-corrected chi connectivity index (χ3v) is 3.05. The monoisotopic (exact) mass is 261 g/mol. The number of hydrogen-bond acceptors (Lipinski definition) is 4. The van der Waals surface area contributed by atoms with Crippen LogP contribution in [0, 0.1) is 6.92 Å². The van der Waals surface area contributed by atoms with Crippen molar-refractivity contribution in [3.8, 4) is 0 Å². The van der Waals surface area contributed by atoms with E-state index in [-0.39, 0.29) is 5.78 Å². The van der Waals surface area contributed by atoms with Crippen molar-refractivity contribution in [2.75, 3.05) is 31.7 Å². The van der Waals surface area contributed by atoms with Crippen LogP contribution in [0.4, 0.5) is 5.69 Å². The van der Waals surface area contributed by atoms with Crippen LogP contribution in [0.15, 0.2) is 29.4 Å². The van der Waals surface area contributed by atoms with Crippen molar-refractivity contribution in [2.45, 2.75) is 13.8 Å². The lowest BCUT2D eigenvalue weighted by Gasteiger charge is -2.28. The van der Waals surface area contributed by atoms with Crippen molar-refractivity contribution in [3.63, 3.8) is 0 Å². The summed E-state index contributed by atoms with van der Waals surface area (Å²) >= 11 is 0. The number of nitrogens with one attached hydrogen (secondary N) is 1. The fraction of sp³-hybridized carbons (Fsp3) is 0.429. The van der Waals surface area contributed by atoms with Crippen molar-refractivity contribution in [1.82, 2.24) is 4.90 Å². The Morgan fingerprint density at radius 2 is 2.00 bits per heavy atom. The number of hydrogen-bond donors (Lipinski definition) is 1. The first kappa shape index (κ1) is 13.5. The standard InChI is InChI=1S/C14H19N3O2/c1-11-5-3-4-6-13(11)15-16-14(12(2)18)17-7-9-19-10-8-17/h3-6,15H,7-10H2,1-2H3/b16-14+. The van der Waals surface area contributed by atoms with Crippen LogP contribution in [0.5, 0.6) is 0 Å². The van der Waals surface area contributed by atoms with Gasteiger partial charge in [-0.2, -0.15) is 5.10 Å². The second-order valence-electron chi connectivity index (χ2n) is 4.52. The lowest BCUT2D eigenvalue weighted by Crippen LogP contribution is -2.44. The zero-order valence-electron chi connectivity index (χ0n) is 11.3. The van der Waals surface area contributed by atoms with E-state index in [0.29, 0.717) is 32.1 Å². The molecule has 5 heteroatoms. The van der Waals surface area contributed by atoms with E-state index in [1.807, 2.05) is 36.1 Å². The number of ketones is 1. The minimum absolute atomic E-state index is 0.0389. The molecule has 5 nitrogen and oxygen atoms in total. The predicted octanol–water partition coefficient (Wildman–Crippen LogP) is 1.64. The van der Waals surface area contributed by atoms with Crippen molar-refractivity contribution in [2.24, 2.45) is 5.10 Å². The van der Waals surface area contributed by atoms with Gasteiger partial charge in [0.25, 0.3) is 0 Å². The first-order valence-electron chi connectivity index (χ1n) is 6.41. The number of aryl methyl sites for hydroxylation is 1. The summed E-state index contributed by atoms with van der Waals surface area (Å²) in [5.41, 5.74) is 4.98. The molecule has 1 saturated heterocycles. The molecule has 1 aliphatic rings. The minimum atomic E-state index is -0.0389. The van der Waals surface area contributed by atoms with E-state index in [9.17, 15) is 4.79 Å². The maximum absolute atomic E-state index is 11.7. The molecule has 102 valence electrons. The maximum atomic E-state index is 11.7. The van der Waals surface area contributed by atoms with Gasteiger partial charge >= 0.3 is 0 Å². The van der Waals surface area contributed by atoms with Gasteiger partial charge in [-0.05, 0) is 18.6 Å². The van der Waals surface area contributed by atoms with E-state index < -0.39 is 0 Å². The number of hydrazone groups is 1. The van der Waals surface area contributed by atoms with Crippen LogP contribution in [0.1, 0.15) is 12.5 Å². The van der Waals surface area contributed by atoms with Gasteiger partial charge in [0.15, 0.2) is 11.6 Å². The SMILES string of the molecule is CC(=O)/C(=N\Nc1ccccc1C)N1CCOCC1. The van der Waals surface area contributed by atoms with E-state index in [0.717, 1.165) is 11.3 Å². The highest BCUT2D eigenvalue weighted by Crippen LogP contribution is 2.13. The summed E-state index contributed by atoms with van der Waals surface area (Å²) in [6.45, 7) is 6.21. The average molecular weight is 261 g/mol. The Balaban J connectivity index is 2.12. The normalized spacial score (nSPS) is 16.3. The first-order valence-corrected chi connectivity index (χ1v) is 6.41. The van der Waals surface area contributed by atoms with Crippen LogP contribution >= 0.6 is 0 Å². The number of amidine groups is 1.